The molecule has 0 aliphatic carbocycles. The van der Waals surface area contributed by atoms with Gasteiger partial charge in [0.25, 0.3) is 0 Å². The molecule has 0 amide bonds. The van der Waals surface area contributed by atoms with Crippen molar-refractivity contribution in [3.8, 4) is 0 Å². The van der Waals surface area contributed by atoms with Crippen LogP contribution in [0.5, 0.6) is 0 Å². The number of aryl methyl sites for hydroxylation is 2. The summed E-state index contributed by atoms with van der Waals surface area (Å²) in [4.78, 5) is 0. The number of rotatable bonds is 4. The fraction of sp³-hybridized carbons (Fsp3) is 0.450. The molecule has 0 atom stereocenters. The molecule has 1 aliphatic heterocycles. The zero-order valence-corrected chi connectivity index (χ0v) is 34.7. The maximum Gasteiger partial charge on any atom is 3.00 e. The quantitative estimate of drug-likeness (QED) is 0.144. The second-order valence-corrected chi connectivity index (χ2v) is 11.7. The Labute approximate surface area is 310 Å². The van der Waals surface area contributed by atoms with Gasteiger partial charge < -0.3 is 27.7 Å². The van der Waals surface area contributed by atoms with Crippen molar-refractivity contribution in [3.05, 3.63) is 112 Å². The molecule has 0 nitrogen and oxygen atoms in total. The topological polar surface area (TPSA) is 0 Å². The van der Waals surface area contributed by atoms with Gasteiger partial charge in [-0.3, -0.25) is 0 Å². The summed E-state index contributed by atoms with van der Waals surface area (Å²) in [6, 6.07) is 28.7. The Morgan fingerprint density at radius 2 is 0.837 bits per heavy atom. The van der Waals surface area contributed by atoms with Crippen LogP contribution in [-0.4, -0.2) is 9.52 Å². The van der Waals surface area contributed by atoms with E-state index < -0.39 is 0 Å². The van der Waals surface area contributed by atoms with Crippen molar-refractivity contribution in [1.82, 2.24) is 0 Å². The van der Waals surface area contributed by atoms with E-state index in [4.69, 9.17) is 0 Å². The van der Waals surface area contributed by atoms with Gasteiger partial charge in [0, 0.05) is 9.52 Å². The predicted molar refractivity (Wildman–Crippen MR) is 194 cm³/mol. The Morgan fingerprint density at radius 3 is 1.05 bits per heavy atom. The zero-order chi connectivity index (χ0) is 31.1. The van der Waals surface area contributed by atoms with Gasteiger partial charge in [-0.05, 0) is 0 Å². The molecule has 5 rings (SSSR count). The van der Waals surface area contributed by atoms with E-state index in [2.05, 4.69) is 142 Å². The molecule has 43 heavy (non-hydrogen) atoms. The first-order chi connectivity index (χ1) is 19.9. The van der Waals surface area contributed by atoms with Gasteiger partial charge in [0.1, 0.15) is 0 Å². The summed E-state index contributed by atoms with van der Waals surface area (Å²) in [5.74, 6) is 0. The van der Waals surface area contributed by atoms with E-state index in [1.165, 1.54) is 92.8 Å². The average molecular weight is 753 g/mol. The fourth-order valence-corrected chi connectivity index (χ4v) is 4.49. The van der Waals surface area contributed by atoms with Crippen molar-refractivity contribution in [2.75, 3.05) is 0 Å². The van der Waals surface area contributed by atoms with E-state index in [0.717, 1.165) is 25.7 Å². The SMILES string of the molecule is C1CC[Si]C1.Cc1cc2ccccc2[cH-]1.Cc1cc2ccccc2[cH-]1.[CH2-]CCC.[CH2-]CCC.[CH2-]CCC.[CH2-]CCC.[Zr+3].[Zr+3]. The molecule has 0 unspecified atom stereocenters. The molecule has 1 fully saturated rings. The molecule has 0 aromatic heterocycles. The van der Waals surface area contributed by atoms with Crippen molar-refractivity contribution in [2.45, 2.75) is 118 Å². The first-order valence-electron chi connectivity index (χ1n) is 16.0. The first kappa shape index (κ1) is 49.5. The van der Waals surface area contributed by atoms with Gasteiger partial charge in [-0.1, -0.05) is 104 Å². The van der Waals surface area contributed by atoms with Crippen LogP contribution in [0.1, 0.15) is 103 Å². The third kappa shape index (κ3) is 30.1. The molecule has 4 aromatic rings. The van der Waals surface area contributed by atoms with Crippen molar-refractivity contribution >= 4 is 31.1 Å². The molecular formula is C40H62SiZr2. The van der Waals surface area contributed by atoms with Crippen molar-refractivity contribution in [3.63, 3.8) is 0 Å². The van der Waals surface area contributed by atoms with Crippen LogP contribution in [0.15, 0.2) is 72.8 Å². The first-order valence-corrected chi connectivity index (χ1v) is 17.4. The minimum absolute atomic E-state index is 0. The Balaban J connectivity index is -0.000000216. The summed E-state index contributed by atoms with van der Waals surface area (Å²) in [6.07, 6.45) is 12.1. The van der Waals surface area contributed by atoms with Crippen molar-refractivity contribution in [1.29, 1.82) is 0 Å². The Morgan fingerprint density at radius 1 is 0.558 bits per heavy atom. The third-order valence-electron chi connectivity index (χ3n) is 5.90. The van der Waals surface area contributed by atoms with Crippen LogP contribution in [0.2, 0.25) is 12.1 Å². The van der Waals surface area contributed by atoms with Crippen LogP contribution in [0, 0.1) is 41.5 Å². The molecule has 0 N–H and O–H groups in total. The number of hydrogen-bond donors (Lipinski definition) is 0. The van der Waals surface area contributed by atoms with Crippen LogP contribution in [0.4, 0.5) is 0 Å². The van der Waals surface area contributed by atoms with Crippen molar-refractivity contribution in [2.24, 2.45) is 0 Å². The number of unbranched alkanes of at least 4 members (excludes halogenated alkanes) is 4. The number of benzene rings is 2. The number of hydrogen-bond acceptors (Lipinski definition) is 0. The molecule has 4 radical (unpaired) electrons. The summed E-state index contributed by atoms with van der Waals surface area (Å²) in [7, 11) is 1.31. The van der Waals surface area contributed by atoms with Crippen LogP contribution < -0.4 is 0 Å². The second kappa shape index (κ2) is 37.8. The monoisotopic (exact) mass is 750 g/mol. The molecule has 0 spiro atoms. The molecule has 3 heteroatoms. The fourth-order valence-electron chi connectivity index (χ4n) is 3.24. The molecule has 1 aliphatic rings. The molecule has 234 valence electrons. The van der Waals surface area contributed by atoms with Gasteiger partial charge in [0.15, 0.2) is 0 Å². The van der Waals surface area contributed by atoms with E-state index >= 15 is 0 Å². The van der Waals surface area contributed by atoms with Gasteiger partial charge in [-0.25, -0.2) is 0 Å². The van der Waals surface area contributed by atoms with Crippen LogP contribution in [0.3, 0.4) is 0 Å². The average Bonchev–Trinajstić information content (AvgIpc) is 3.79. The Hall–Kier alpha value is -0.357. The zero-order valence-electron chi connectivity index (χ0n) is 28.7. The molecule has 4 aromatic carbocycles. The largest absolute Gasteiger partial charge is 3.00 e. The molecular weight excluding hydrogens is 691 g/mol. The maximum atomic E-state index is 3.60. The van der Waals surface area contributed by atoms with E-state index in [9.17, 15) is 0 Å². The number of fused-ring (bicyclic) bond motifs is 2. The predicted octanol–water partition coefficient (Wildman–Crippen LogP) is 13.5. The summed E-state index contributed by atoms with van der Waals surface area (Å²) in [6.45, 7) is 27.1. The van der Waals surface area contributed by atoms with E-state index in [1.807, 2.05) is 0 Å². The van der Waals surface area contributed by atoms with Crippen LogP contribution >= 0.6 is 0 Å². The Bertz CT molecular complexity index is 873. The van der Waals surface area contributed by atoms with E-state index in [1.54, 1.807) is 0 Å². The summed E-state index contributed by atoms with van der Waals surface area (Å²) in [5.41, 5.74) is 2.70. The van der Waals surface area contributed by atoms with Gasteiger partial charge in [0.2, 0.25) is 0 Å². The van der Waals surface area contributed by atoms with Crippen LogP contribution in [0.25, 0.3) is 21.5 Å². The van der Waals surface area contributed by atoms with Gasteiger partial charge in [-0.15, -0.1) is 81.2 Å². The second-order valence-electron chi connectivity index (χ2n) is 10.2. The summed E-state index contributed by atoms with van der Waals surface area (Å²) >= 11 is 0. The summed E-state index contributed by atoms with van der Waals surface area (Å²) in [5, 5.41) is 5.39. The van der Waals surface area contributed by atoms with E-state index in [-0.39, 0.29) is 52.4 Å². The third-order valence-corrected chi connectivity index (χ3v) is 7.31. The normalized spacial score (nSPS) is 10.5. The van der Waals surface area contributed by atoms with Crippen LogP contribution in [-0.2, 0) is 52.4 Å². The standard InChI is InChI=1S/2C10H9.C4H8Si.4C4H9.2Zr/c2*1-8-6-9-4-2-3-5-10(9)7-8;1-2-4-5-3-1;4*1-3-4-2;;/h2*2-7H,1H3;1-4H2;4*1,3-4H2,2H3;;/q2*-1;;4*-1;2*+3. The maximum absolute atomic E-state index is 3.60. The minimum Gasteiger partial charge on any atom is -0.343 e. The summed E-state index contributed by atoms with van der Waals surface area (Å²) < 4.78 is 0. The van der Waals surface area contributed by atoms with Crippen molar-refractivity contribution < 1.29 is 52.4 Å². The minimum atomic E-state index is 0. The van der Waals surface area contributed by atoms with Gasteiger partial charge in [-0.2, -0.15) is 37.8 Å². The van der Waals surface area contributed by atoms with E-state index in [0.29, 0.717) is 0 Å². The molecule has 0 bridgehead atoms. The van der Waals surface area contributed by atoms with Gasteiger partial charge in [0.05, 0.1) is 0 Å². The molecule has 1 heterocycles. The molecule has 1 saturated heterocycles. The smallest absolute Gasteiger partial charge is 0.343 e. The van der Waals surface area contributed by atoms with Gasteiger partial charge >= 0.3 is 52.4 Å². The molecule has 0 saturated carbocycles. The Kier molecular flexibility index (Phi) is 43.6.